The molecule has 3 aliphatic rings. The number of aliphatic hydroxyl groups is 2. The van der Waals surface area contributed by atoms with Crippen LogP contribution in [0.3, 0.4) is 0 Å². The van der Waals surface area contributed by atoms with Crippen LogP contribution >= 0.6 is 0 Å². The zero-order chi connectivity index (χ0) is 35.6. The Kier molecular flexibility index (Phi) is 8.88. The fourth-order valence-corrected chi connectivity index (χ4v) is 8.99. The first-order chi connectivity index (χ1) is 23.0. The van der Waals surface area contributed by atoms with Gasteiger partial charge in [0.15, 0.2) is 19.7 Å². The highest BCUT2D eigenvalue weighted by molar-refractivity contribution is 6.74. The molecular formula is C38H45FN2O7Si. The van der Waals surface area contributed by atoms with Gasteiger partial charge in [-0.15, -0.1) is 0 Å². The van der Waals surface area contributed by atoms with Crippen molar-refractivity contribution in [3.63, 3.8) is 0 Å². The van der Waals surface area contributed by atoms with Crippen molar-refractivity contribution in [2.24, 2.45) is 11.8 Å². The summed E-state index contributed by atoms with van der Waals surface area (Å²) in [6.07, 6.45) is 3.48. The van der Waals surface area contributed by atoms with Gasteiger partial charge in [0.2, 0.25) is 11.6 Å². The Morgan fingerprint density at radius 2 is 1.84 bits per heavy atom. The van der Waals surface area contributed by atoms with Gasteiger partial charge in [-0.05, 0) is 91.4 Å². The maximum atomic E-state index is 15.8. The van der Waals surface area contributed by atoms with Gasteiger partial charge < -0.3 is 23.9 Å². The minimum Gasteiger partial charge on any atom is -0.507 e. The van der Waals surface area contributed by atoms with E-state index in [1.165, 1.54) is 12.1 Å². The van der Waals surface area contributed by atoms with E-state index < -0.39 is 49.2 Å². The molecule has 0 aliphatic heterocycles. The van der Waals surface area contributed by atoms with Crippen LogP contribution in [-0.2, 0) is 22.2 Å². The number of carbonyl (C=O) groups excluding carboxylic acids is 2. The van der Waals surface area contributed by atoms with Gasteiger partial charge in [-0.25, -0.2) is 4.39 Å². The Hall–Kier alpha value is -3.90. The number of carbonyl (C=O) groups is 2. The van der Waals surface area contributed by atoms with Gasteiger partial charge in [0.05, 0.1) is 12.6 Å². The lowest BCUT2D eigenvalue weighted by molar-refractivity contribution is -0.140. The summed E-state index contributed by atoms with van der Waals surface area (Å²) in [4.78, 5) is 32.6. The van der Waals surface area contributed by atoms with Crippen LogP contribution in [0.5, 0.6) is 5.88 Å². The van der Waals surface area contributed by atoms with Gasteiger partial charge in [0.1, 0.15) is 23.7 Å². The van der Waals surface area contributed by atoms with Gasteiger partial charge in [-0.1, -0.05) is 63.3 Å². The molecule has 0 saturated heterocycles. The Balaban J connectivity index is 1.58. The predicted molar refractivity (Wildman–Crippen MR) is 186 cm³/mol. The van der Waals surface area contributed by atoms with E-state index in [1.54, 1.807) is 13.0 Å². The number of nitrogens with zero attached hydrogens (tertiary/aromatic N) is 2. The first kappa shape index (κ1) is 34.9. The molecule has 0 spiro atoms. The summed E-state index contributed by atoms with van der Waals surface area (Å²) in [5, 5.41) is 25.2. The summed E-state index contributed by atoms with van der Waals surface area (Å²) in [5.74, 6) is -3.11. The van der Waals surface area contributed by atoms with Gasteiger partial charge in [0, 0.05) is 17.1 Å². The molecule has 3 aromatic rings. The summed E-state index contributed by atoms with van der Waals surface area (Å²) in [5.41, 5.74) is 0.564. The van der Waals surface area contributed by atoms with Crippen LogP contribution in [0.2, 0.25) is 18.1 Å². The second-order valence-electron chi connectivity index (χ2n) is 15.2. The van der Waals surface area contributed by atoms with E-state index in [4.69, 9.17) is 13.7 Å². The third-order valence-electron chi connectivity index (χ3n) is 11.0. The third-order valence-corrected chi connectivity index (χ3v) is 15.4. The van der Waals surface area contributed by atoms with Crippen LogP contribution in [0.15, 0.2) is 52.6 Å². The monoisotopic (exact) mass is 688 g/mol. The minimum atomic E-state index is -2.89. The highest BCUT2D eigenvalue weighted by Gasteiger charge is 2.68. The maximum absolute atomic E-state index is 15.8. The van der Waals surface area contributed by atoms with Crippen molar-refractivity contribution in [2.75, 3.05) is 20.7 Å². The summed E-state index contributed by atoms with van der Waals surface area (Å²) in [6, 6.07) is 10.2. The number of rotatable bonds is 8. The summed E-state index contributed by atoms with van der Waals surface area (Å²) >= 11 is 0. The van der Waals surface area contributed by atoms with Crippen LogP contribution in [0.25, 0.3) is 11.8 Å². The summed E-state index contributed by atoms with van der Waals surface area (Å²) < 4.78 is 34.9. The fraction of sp³-hybridized carbons (Fsp3) is 0.447. The molecule has 0 amide bonds. The normalized spacial score (nSPS) is 23.9. The summed E-state index contributed by atoms with van der Waals surface area (Å²) in [7, 11) is 0.809. The second-order valence-corrected chi connectivity index (χ2v) is 19.9. The minimum absolute atomic E-state index is 0.0206. The van der Waals surface area contributed by atoms with E-state index in [-0.39, 0.29) is 59.4 Å². The third kappa shape index (κ3) is 5.51. The number of Topliss-reactive ketones (excluding diaryl/α,β-unsaturated/α-hetero) is 2. The number of aliphatic hydroxyl groups excluding tert-OH is 2. The zero-order valence-electron chi connectivity index (χ0n) is 29.4. The molecule has 260 valence electrons. The largest absolute Gasteiger partial charge is 0.507 e. The lowest BCUT2D eigenvalue weighted by atomic mass is 9.57. The van der Waals surface area contributed by atoms with E-state index in [1.807, 2.05) is 83.2 Å². The molecule has 0 unspecified atom stereocenters. The molecule has 4 atom stereocenters. The van der Waals surface area contributed by atoms with Gasteiger partial charge in [-0.3, -0.25) is 14.5 Å². The number of hydrogen-bond acceptors (Lipinski definition) is 9. The zero-order valence-corrected chi connectivity index (χ0v) is 30.4. The number of ether oxygens (including phenoxy) is 1. The molecular weight excluding hydrogens is 644 g/mol. The van der Waals surface area contributed by atoms with Crippen LogP contribution in [0.1, 0.15) is 77.2 Å². The molecule has 1 fully saturated rings. The molecule has 0 bridgehead atoms. The summed E-state index contributed by atoms with van der Waals surface area (Å²) in [6.45, 7) is 11.7. The van der Waals surface area contributed by atoms with Gasteiger partial charge >= 0.3 is 0 Å². The number of hydrogen-bond donors (Lipinski definition) is 2. The van der Waals surface area contributed by atoms with Crippen molar-refractivity contribution in [3.05, 3.63) is 93.0 Å². The highest BCUT2D eigenvalue weighted by atomic mass is 28.4. The molecule has 2 N–H and O–H groups in total. The van der Waals surface area contributed by atoms with Crippen molar-refractivity contribution in [1.82, 2.24) is 10.1 Å². The second kappa shape index (κ2) is 12.5. The SMILES string of the molecule is Cc1c(/C=C/CO)cc(F)c2c1C(O)=C1C(=O)[C@]3(O[Si](C)(C)C(C)(C)C)C(=O)c4c(OCc5ccccc5)noc4[C@@H](N(C)C)[C@@H]3C[C@@H]1C2. The molecule has 1 aromatic heterocycles. The van der Waals surface area contributed by atoms with E-state index in [0.717, 1.165) is 5.56 Å². The van der Waals surface area contributed by atoms with Crippen molar-refractivity contribution >= 4 is 31.7 Å². The molecule has 9 nitrogen and oxygen atoms in total. The molecule has 1 heterocycles. The van der Waals surface area contributed by atoms with E-state index in [9.17, 15) is 10.2 Å². The Labute approximate surface area is 287 Å². The Morgan fingerprint density at radius 1 is 1.14 bits per heavy atom. The molecule has 11 heteroatoms. The highest BCUT2D eigenvalue weighted by Crippen LogP contribution is 2.59. The number of benzene rings is 2. The maximum Gasteiger partial charge on any atom is 0.265 e. The topological polar surface area (TPSA) is 122 Å². The van der Waals surface area contributed by atoms with Crippen molar-refractivity contribution in [3.8, 4) is 5.88 Å². The smallest absolute Gasteiger partial charge is 0.265 e. The molecule has 2 aromatic carbocycles. The predicted octanol–water partition coefficient (Wildman–Crippen LogP) is 7.00. The van der Waals surface area contributed by atoms with Crippen LogP contribution in [0.4, 0.5) is 4.39 Å². The van der Waals surface area contributed by atoms with Crippen LogP contribution < -0.4 is 4.74 Å². The number of fused-ring (bicyclic) bond motifs is 4. The Bertz CT molecular complexity index is 1870. The molecule has 0 radical (unpaired) electrons. The average Bonchev–Trinajstić information content (AvgIpc) is 3.45. The quantitative estimate of drug-likeness (QED) is 0.190. The molecule has 3 aliphatic carbocycles. The standard InChI is InChI=1S/C38H45FN2O7Si/c1-21-23(15-12-16-42)19-27(39)25-17-24-18-26-31(41(5)6)33-30(36(40-47-33)46-20-22-13-10-9-11-14-22)35(45)38(26,48-49(7,8)37(2,3)4)34(44)29(24)32(43)28(21)25/h9-15,19,24,26,31,42-43H,16-18,20H2,1-8H3/b15-12+/t24-,26-,31-,38-/m0/s1. The molecule has 49 heavy (non-hydrogen) atoms. The van der Waals surface area contributed by atoms with Crippen molar-refractivity contribution in [1.29, 1.82) is 0 Å². The first-order valence-corrected chi connectivity index (χ1v) is 19.6. The van der Waals surface area contributed by atoms with Gasteiger partial charge in [-0.2, -0.15) is 0 Å². The van der Waals surface area contributed by atoms with Crippen molar-refractivity contribution < 1.29 is 37.9 Å². The average molecular weight is 689 g/mol. The Morgan fingerprint density at radius 3 is 2.47 bits per heavy atom. The number of halogens is 1. The lowest BCUT2D eigenvalue weighted by Crippen LogP contribution is -2.68. The van der Waals surface area contributed by atoms with E-state index >= 15 is 14.0 Å². The van der Waals surface area contributed by atoms with E-state index in [2.05, 4.69) is 5.16 Å². The van der Waals surface area contributed by atoms with Crippen LogP contribution in [0, 0.1) is 24.6 Å². The van der Waals surface area contributed by atoms with E-state index in [0.29, 0.717) is 22.5 Å². The van der Waals surface area contributed by atoms with Gasteiger partial charge in [0.25, 0.3) is 5.88 Å². The molecule has 6 rings (SSSR count). The first-order valence-electron chi connectivity index (χ1n) is 16.7. The molecule has 1 saturated carbocycles. The lowest BCUT2D eigenvalue weighted by Gasteiger charge is -2.55. The van der Waals surface area contributed by atoms with Crippen LogP contribution in [-0.4, -0.2) is 66.5 Å². The fourth-order valence-electron chi connectivity index (χ4n) is 7.54. The number of ketones is 2. The number of aromatic nitrogens is 1. The van der Waals surface area contributed by atoms with Crippen molar-refractivity contribution in [2.45, 2.75) is 76.9 Å².